The third kappa shape index (κ3) is 2.87. The lowest BCUT2D eigenvalue weighted by Crippen LogP contribution is -2.22. The molecule has 0 amide bonds. The van der Waals surface area contributed by atoms with Crippen LogP contribution in [0.4, 0.5) is 0 Å². The second-order valence-electron chi connectivity index (χ2n) is 6.68. The van der Waals surface area contributed by atoms with Gasteiger partial charge >= 0.3 is 0 Å². The van der Waals surface area contributed by atoms with E-state index in [1.165, 1.54) is 32.1 Å². The molecule has 102 valence electrons. The normalized spacial score (nSPS) is 26.1. The minimum atomic E-state index is -0.00192. The molecule has 0 radical (unpaired) electrons. The molecule has 18 heavy (non-hydrogen) atoms. The molecular formula is C14H24ClN3. The Balaban J connectivity index is 2.29. The van der Waals surface area contributed by atoms with Crippen molar-refractivity contribution in [2.45, 2.75) is 71.3 Å². The summed E-state index contributed by atoms with van der Waals surface area (Å²) in [4.78, 5) is 0. The van der Waals surface area contributed by atoms with Crippen molar-refractivity contribution < 1.29 is 0 Å². The van der Waals surface area contributed by atoms with Gasteiger partial charge in [-0.25, -0.2) is 0 Å². The zero-order chi connectivity index (χ0) is 13.3. The Hall–Kier alpha value is -0.570. The van der Waals surface area contributed by atoms with E-state index >= 15 is 0 Å². The monoisotopic (exact) mass is 269 g/mol. The van der Waals surface area contributed by atoms with Gasteiger partial charge in [0.2, 0.25) is 5.28 Å². The van der Waals surface area contributed by atoms with Crippen LogP contribution in [0.5, 0.6) is 0 Å². The summed E-state index contributed by atoms with van der Waals surface area (Å²) in [7, 11) is 0. The third-order valence-corrected chi connectivity index (χ3v) is 4.17. The van der Waals surface area contributed by atoms with Crippen LogP contribution in [0.15, 0.2) is 0 Å². The van der Waals surface area contributed by atoms with Gasteiger partial charge in [-0.05, 0) is 36.8 Å². The zero-order valence-corrected chi connectivity index (χ0v) is 12.7. The topological polar surface area (TPSA) is 30.7 Å². The summed E-state index contributed by atoms with van der Waals surface area (Å²) in [5.41, 5.74) is -0.00192. The molecule has 2 unspecified atom stereocenters. The molecule has 1 aliphatic rings. The molecule has 2 atom stereocenters. The number of hydrogen-bond donors (Lipinski definition) is 0. The van der Waals surface area contributed by atoms with Crippen LogP contribution in [0.1, 0.15) is 71.7 Å². The van der Waals surface area contributed by atoms with Crippen molar-refractivity contribution >= 4 is 11.6 Å². The summed E-state index contributed by atoms with van der Waals surface area (Å²) in [6, 6.07) is 0.478. The van der Waals surface area contributed by atoms with E-state index in [9.17, 15) is 0 Å². The Bertz CT molecular complexity index is 406. The molecular weight excluding hydrogens is 246 g/mol. The van der Waals surface area contributed by atoms with Gasteiger partial charge in [0.15, 0.2) is 0 Å². The summed E-state index contributed by atoms with van der Waals surface area (Å²) >= 11 is 6.26. The average molecular weight is 270 g/mol. The van der Waals surface area contributed by atoms with Crippen molar-refractivity contribution in [3.05, 3.63) is 11.1 Å². The Morgan fingerprint density at radius 2 is 1.83 bits per heavy atom. The predicted molar refractivity (Wildman–Crippen MR) is 75.0 cm³/mol. The van der Waals surface area contributed by atoms with Crippen LogP contribution in [0.3, 0.4) is 0 Å². The molecule has 1 heterocycles. The second-order valence-corrected chi connectivity index (χ2v) is 7.02. The van der Waals surface area contributed by atoms with Crippen LogP contribution in [0.2, 0.25) is 5.28 Å². The highest BCUT2D eigenvalue weighted by Crippen LogP contribution is 2.35. The van der Waals surface area contributed by atoms with Crippen LogP contribution < -0.4 is 0 Å². The first-order valence-electron chi connectivity index (χ1n) is 7.00. The Morgan fingerprint density at radius 3 is 2.50 bits per heavy atom. The maximum absolute atomic E-state index is 6.26. The van der Waals surface area contributed by atoms with Crippen molar-refractivity contribution in [1.82, 2.24) is 14.8 Å². The third-order valence-electron chi connectivity index (χ3n) is 3.92. The number of aromatic nitrogens is 3. The van der Waals surface area contributed by atoms with Gasteiger partial charge in [0, 0.05) is 11.5 Å². The van der Waals surface area contributed by atoms with E-state index in [0.717, 1.165) is 11.7 Å². The number of nitrogens with zero attached hydrogens (tertiary/aromatic N) is 3. The van der Waals surface area contributed by atoms with Crippen molar-refractivity contribution in [2.75, 3.05) is 0 Å². The zero-order valence-electron chi connectivity index (χ0n) is 11.9. The fraction of sp³-hybridized carbons (Fsp3) is 0.857. The molecule has 0 N–H and O–H groups in total. The lowest BCUT2D eigenvalue weighted by Gasteiger charge is -2.24. The molecule has 1 aromatic heterocycles. The van der Waals surface area contributed by atoms with Gasteiger partial charge in [-0.3, -0.25) is 4.57 Å². The van der Waals surface area contributed by atoms with Crippen molar-refractivity contribution in [1.29, 1.82) is 0 Å². The number of rotatable bonds is 1. The molecule has 0 bridgehead atoms. The van der Waals surface area contributed by atoms with E-state index in [1.807, 2.05) is 0 Å². The largest absolute Gasteiger partial charge is 0.298 e. The minimum Gasteiger partial charge on any atom is -0.298 e. The van der Waals surface area contributed by atoms with Gasteiger partial charge in [-0.2, -0.15) is 0 Å². The Labute approximate surface area is 115 Å². The second kappa shape index (κ2) is 5.20. The number of halogens is 1. The van der Waals surface area contributed by atoms with E-state index in [4.69, 9.17) is 11.6 Å². The lowest BCUT2D eigenvalue weighted by atomic mass is 9.94. The fourth-order valence-electron chi connectivity index (χ4n) is 2.83. The smallest absolute Gasteiger partial charge is 0.225 e. The lowest BCUT2D eigenvalue weighted by molar-refractivity contribution is 0.391. The minimum absolute atomic E-state index is 0.00192. The van der Waals surface area contributed by atoms with Gasteiger partial charge < -0.3 is 0 Å². The van der Waals surface area contributed by atoms with E-state index < -0.39 is 0 Å². The van der Waals surface area contributed by atoms with Gasteiger partial charge in [0.25, 0.3) is 0 Å². The van der Waals surface area contributed by atoms with Crippen LogP contribution in [-0.4, -0.2) is 14.8 Å². The first-order valence-corrected chi connectivity index (χ1v) is 7.38. The molecule has 2 rings (SSSR count). The molecule has 1 aromatic rings. The summed E-state index contributed by atoms with van der Waals surface area (Å²) in [5, 5.41) is 8.93. The van der Waals surface area contributed by atoms with Gasteiger partial charge in [-0.1, -0.05) is 40.5 Å². The Kier molecular flexibility index (Phi) is 4.00. The maximum atomic E-state index is 6.26. The van der Waals surface area contributed by atoms with E-state index in [-0.39, 0.29) is 5.41 Å². The summed E-state index contributed by atoms with van der Waals surface area (Å²) < 4.78 is 2.18. The highest BCUT2D eigenvalue weighted by Gasteiger charge is 2.28. The highest BCUT2D eigenvalue weighted by molar-refractivity contribution is 6.28. The van der Waals surface area contributed by atoms with Crippen LogP contribution in [-0.2, 0) is 5.41 Å². The van der Waals surface area contributed by atoms with Crippen molar-refractivity contribution in [3.8, 4) is 0 Å². The molecule has 0 aliphatic heterocycles. The molecule has 0 spiro atoms. The first-order chi connectivity index (χ1) is 8.39. The molecule has 0 saturated heterocycles. The van der Waals surface area contributed by atoms with Gasteiger partial charge in [-0.15, -0.1) is 10.2 Å². The first kappa shape index (κ1) is 13.9. The van der Waals surface area contributed by atoms with Crippen molar-refractivity contribution in [2.24, 2.45) is 5.92 Å². The molecule has 4 heteroatoms. The van der Waals surface area contributed by atoms with E-state index in [1.54, 1.807) is 0 Å². The van der Waals surface area contributed by atoms with E-state index in [0.29, 0.717) is 11.3 Å². The molecule has 0 aromatic carbocycles. The molecule has 1 aliphatic carbocycles. The average Bonchev–Trinajstić information content (AvgIpc) is 2.52. The summed E-state index contributed by atoms with van der Waals surface area (Å²) in [6.45, 7) is 8.86. The molecule has 1 fully saturated rings. The fourth-order valence-corrected chi connectivity index (χ4v) is 3.09. The SMILES string of the molecule is CC1CCCC(n2c(Cl)nnc2C(C)(C)C)CC1. The van der Waals surface area contributed by atoms with Crippen LogP contribution >= 0.6 is 11.6 Å². The van der Waals surface area contributed by atoms with E-state index in [2.05, 4.69) is 42.5 Å². The summed E-state index contributed by atoms with van der Waals surface area (Å²) in [6.07, 6.45) is 6.29. The summed E-state index contributed by atoms with van der Waals surface area (Å²) in [5.74, 6) is 1.86. The van der Waals surface area contributed by atoms with Gasteiger partial charge in [0.05, 0.1) is 0 Å². The van der Waals surface area contributed by atoms with Crippen LogP contribution in [0.25, 0.3) is 0 Å². The predicted octanol–water partition coefficient (Wildman–Crippen LogP) is 4.37. The molecule has 1 saturated carbocycles. The standard InChI is InChI=1S/C14H24ClN3/c1-10-6-5-7-11(9-8-10)18-12(14(2,3)4)16-17-13(18)15/h10-11H,5-9H2,1-4H3. The van der Waals surface area contributed by atoms with Crippen molar-refractivity contribution in [3.63, 3.8) is 0 Å². The molecule has 3 nitrogen and oxygen atoms in total. The van der Waals surface area contributed by atoms with Gasteiger partial charge in [0.1, 0.15) is 5.82 Å². The quantitative estimate of drug-likeness (QED) is 0.709. The maximum Gasteiger partial charge on any atom is 0.225 e. The Morgan fingerprint density at radius 1 is 1.11 bits per heavy atom. The number of hydrogen-bond acceptors (Lipinski definition) is 2. The highest BCUT2D eigenvalue weighted by atomic mass is 35.5. The van der Waals surface area contributed by atoms with Crippen LogP contribution in [0, 0.1) is 5.92 Å².